The Hall–Kier alpha value is -1.97. The average molecular weight is 381 g/mol. The van der Waals surface area contributed by atoms with Gasteiger partial charge < -0.3 is 9.84 Å². The van der Waals surface area contributed by atoms with Crippen LogP contribution in [0.1, 0.15) is 32.3 Å². The molecule has 1 aliphatic heterocycles. The Labute approximate surface area is 157 Å². The predicted molar refractivity (Wildman–Crippen MR) is 96.9 cm³/mol. The molecule has 140 valence electrons. The van der Waals surface area contributed by atoms with Gasteiger partial charge in [0, 0.05) is 23.8 Å². The highest BCUT2D eigenvalue weighted by Gasteiger charge is 2.60. The van der Waals surface area contributed by atoms with Crippen molar-refractivity contribution in [3.8, 4) is 6.07 Å². The first-order valence-corrected chi connectivity index (χ1v) is 8.70. The molecule has 0 fully saturated rings. The molecule has 1 aromatic carbocycles. The van der Waals surface area contributed by atoms with Gasteiger partial charge in [-0.25, -0.2) is 4.39 Å². The zero-order valence-electron chi connectivity index (χ0n) is 15.2. The van der Waals surface area contributed by atoms with Crippen LogP contribution < -0.4 is 0 Å². The molecule has 1 aliphatic rings. The Morgan fingerprint density at radius 2 is 2.19 bits per heavy atom. The lowest BCUT2D eigenvalue weighted by molar-refractivity contribution is -0.158. The van der Waals surface area contributed by atoms with Crippen LogP contribution in [0.3, 0.4) is 0 Å². The third-order valence-electron chi connectivity index (χ3n) is 5.30. The molecule has 2 rings (SSSR count). The maximum atomic E-state index is 14.8. The van der Waals surface area contributed by atoms with Crippen LogP contribution in [0.5, 0.6) is 0 Å². The normalized spacial score (nSPS) is 28.5. The monoisotopic (exact) mass is 380 g/mol. The summed E-state index contributed by atoms with van der Waals surface area (Å²) < 4.78 is 20.0. The van der Waals surface area contributed by atoms with Gasteiger partial charge in [-0.2, -0.15) is 5.26 Å². The molecule has 0 radical (unpaired) electrons. The molecule has 7 heteroatoms. The van der Waals surface area contributed by atoms with E-state index < -0.39 is 41.0 Å². The summed E-state index contributed by atoms with van der Waals surface area (Å²) in [6.45, 7) is 5.24. The second kappa shape index (κ2) is 7.73. The fourth-order valence-electron chi connectivity index (χ4n) is 4.12. The van der Waals surface area contributed by atoms with E-state index in [1.165, 1.54) is 19.2 Å². The summed E-state index contributed by atoms with van der Waals surface area (Å²) in [5, 5.41) is 20.2. The van der Waals surface area contributed by atoms with Gasteiger partial charge in [0.15, 0.2) is 0 Å². The number of aliphatic carboxylic acids is 1. The summed E-state index contributed by atoms with van der Waals surface area (Å²) in [4.78, 5) is 17.0. The molecule has 1 aromatic rings. The van der Waals surface area contributed by atoms with Crippen molar-refractivity contribution in [1.82, 2.24) is 0 Å². The number of nitriles is 1. The number of ether oxygens (including phenoxy) is 1. The van der Waals surface area contributed by atoms with E-state index in [2.05, 4.69) is 11.1 Å². The van der Waals surface area contributed by atoms with Crippen LogP contribution in [-0.2, 0) is 9.53 Å². The van der Waals surface area contributed by atoms with Gasteiger partial charge in [-0.05, 0) is 30.5 Å². The minimum Gasteiger partial charge on any atom is -0.481 e. The number of rotatable bonds is 5. The van der Waals surface area contributed by atoms with Crippen molar-refractivity contribution in [3.05, 3.63) is 34.6 Å². The van der Waals surface area contributed by atoms with Gasteiger partial charge in [0.25, 0.3) is 0 Å². The first-order valence-electron chi connectivity index (χ1n) is 8.32. The third kappa shape index (κ3) is 3.10. The van der Waals surface area contributed by atoms with Gasteiger partial charge in [-0.3, -0.25) is 9.79 Å². The Balaban J connectivity index is 2.86. The van der Waals surface area contributed by atoms with Crippen LogP contribution in [0.15, 0.2) is 23.2 Å². The molecule has 0 saturated carbocycles. The van der Waals surface area contributed by atoms with E-state index in [1.54, 1.807) is 20.8 Å². The molecule has 5 nitrogen and oxygen atoms in total. The van der Waals surface area contributed by atoms with Gasteiger partial charge in [0.05, 0.1) is 24.6 Å². The number of carboxylic acid groups (broad SMARTS) is 1. The lowest BCUT2D eigenvalue weighted by Gasteiger charge is -2.49. The number of benzene rings is 1. The van der Waals surface area contributed by atoms with Crippen LogP contribution in [0.2, 0.25) is 5.02 Å². The molecular formula is C19H22ClFN2O3. The minimum absolute atomic E-state index is 0.0612. The SMILES string of the molecule is COCC1N=C(C)C(C#N)C(c2ccc(Cl)cc2F)C1(C(=O)O)C(C)C. The summed E-state index contributed by atoms with van der Waals surface area (Å²) in [7, 11) is 1.46. The molecule has 1 heterocycles. The summed E-state index contributed by atoms with van der Waals surface area (Å²) in [6, 6.07) is 5.51. The number of carbonyl (C=O) groups is 1. The molecular weight excluding hydrogens is 359 g/mol. The Bertz CT molecular complexity index is 775. The lowest BCUT2D eigenvalue weighted by Crippen LogP contribution is -2.57. The lowest BCUT2D eigenvalue weighted by atomic mass is 9.55. The van der Waals surface area contributed by atoms with Crippen molar-refractivity contribution in [3.63, 3.8) is 0 Å². The number of nitrogens with zero attached hydrogens (tertiary/aromatic N) is 2. The van der Waals surface area contributed by atoms with E-state index in [9.17, 15) is 19.6 Å². The zero-order valence-corrected chi connectivity index (χ0v) is 15.9. The van der Waals surface area contributed by atoms with Crippen molar-refractivity contribution in [2.24, 2.45) is 22.2 Å². The number of halogens is 2. The zero-order chi connectivity index (χ0) is 19.6. The van der Waals surface area contributed by atoms with Crippen LogP contribution in [0.25, 0.3) is 0 Å². The Morgan fingerprint density at radius 3 is 2.65 bits per heavy atom. The highest BCUT2D eigenvalue weighted by molar-refractivity contribution is 6.30. The average Bonchev–Trinajstić information content (AvgIpc) is 2.54. The van der Waals surface area contributed by atoms with Crippen molar-refractivity contribution in [1.29, 1.82) is 5.26 Å². The van der Waals surface area contributed by atoms with Crippen LogP contribution in [0.4, 0.5) is 4.39 Å². The molecule has 4 atom stereocenters. The fraction of sp³-hybridized carbons (Fsp3) is 0.526. The summed E-state index contributed by atoms with van der Waals surface area (Å²) >= 11 is 5.86. The molecule has 0 bridgehead atoms. The van der Waals surface area contributed by atoms with E-state index in [-0.39, 0.29) is 17.2 Å². The fourth-order valence-corrected chi connectivity index (χ4v) is 4.27. The van der Waals surface area contributed by atoms with E-state index in [1.807, 2.05) is 0 Å². The smallest absolute Gasteiger partial charge is 0.312 e. The van der Waals surface area contributed by atoms with Gasteiger partial charge in [0.1, 0.15) is 11.2 Å². The van der Waals surface area contributed by atoms with E-state index >= 15 is 0 Å². The standard InChI is InChI=1S/C19H22ClFN2O3/c1-10(2)19(18(24)25)16(9-26-4)23-11(3)14(8-22)17(19)13-6-5-12(20)7-15(13)21/h5-7,10,14,16-17H,9H2,1-4H3,(H,24,25). The van der Waals surface area contributed by atoms with Crippen LogP contribution in [0, 0.1) is 34.4 Å². The number of methoxy groups -OCH3 is 1. The summed E-state index contributed by atoms with van der Waals surface area (Å²) in [5.74, 6) is -3.95. The second-order valence-corrected chi connectivity index (χ2v) is 7.32. The van der Waals surface area contributed by atoms with Crippen molar-refractivity contribution in [2.75, 3.05) is 13.7 Å². The van der Waals surface area contributed by atoms with Crippen LogP contribution in [-0.4, -0.2) is 36.5 Å². The number of carboxylic acids is 1. The Kier molecular flexibility index (Phi) is 6.05. The van der Waals surface area contributed by atoms with Crippen molar-refractivity contribution < 1.29 is 19.0 Å². The maximum absolute atomic E-state index is 14.8. The molecule has 0 aromatic heterocycles. The summed E-state index contributed by atoms with van der Waals surface area (Å²) in [5.41, 5.74) is -0.858. The Morgan fingerprint density at radius 1 is 1.54 bits per heavy atom. The highest BCUT2D eigenvalue weighted by Crippen LogP contribution is 2.53. The quantitative estimate of drug-likeness (QED) is 0.839. The largest absolute Gasteiger partial charge is 0.481 e. The topological polar surface area (TPSA) is 82.7 Å². The van der Waals surface area contributed by atoms with Crippen molar-refractivity contribution >= 4 is 23.3 Å². The number of aliphatic imine (C=N–C) groups is 1. The van der Waals surface area contributed by atoms with Gasteiger partial charge in [-0.1, -0.05) is 31.5 Å². The molecule has 0 aliphatic carbocycles. The molecule has 1 N–H and O–H groups in total. The maximum Gasteiger partial charge on any atom is 0.312 e. The molecule has 0 saturated heterocycles. The third-order valence-corrected chi connectivity index (χ3v) is 5.53. The van der Waals surface area contributed by atoms with Gasteiger partial charge >= 0.3 is 5.97 Å². The van der Waals surface area contributed by atoms with E-state index in [4.69, 9.17) is 16.3 Å². The summed E-state index contributed by atoms with van der Waals surface area (Å²) in [6.07, 6.45) is 0. The number of hydrogen-bond acceptors (Lipinski definition) is 4. The van der Waals surface area contributed by atoms with Gasteiger partial charge in [0.2, 0.25) is 0 Å². The molecule has 0 amide bonds. The first-order chi connectivity index (χ1) is 12.2. The first kappa shape index (κ1) is 20.3. The molecule has 26 heavy (non-hydrogen) atoms. The molecule has 4 unspecified atom stereocenters. The van der Waals surface area contributed by atoms with Gasteiger partial charge in [-0.15, -0.1) is 0 Å². The minimum atomic E-state index is -1.50. The van der Waals surface area contributed by atoms with E-state index in [0.717, 1.165) is 6.07 Å². The van der Waals surface area contributed by atoms with E-state index in [0.29, 0.717) is 5.71 Å². The molecule has 0 spiro atoms. The second-order valence-electron chi connectivity index (χ2n) is 6.88. The number of hydrogen-bond donors (Lipinski definition) is 1. The highest BCUT2D eigenvalue weighted by atomic mass is 35.5. The van der Waals surface area contributed by atoms with Crippen molar-refractivity contribution in [2.45, 2.75) is 32.7 Å². The van der Waals surface area contributed by atoms with Crippen LogP contribution >= 0.6 is 11.6 Å². The predicted octanol–water partition coefficient (Wildman–Crippen LogP) is 3.92.